The Kier molecular flexibility index (Phi) is 4.36. The minimum atomic E-state index is 0.0966. The first-order valence-corrected chi connectivity index (χ1v) is 6.08. The molecular weight excluding hydrogens is 216 g/mol. The van der Waals surface area contributed by atoms with Gasteiger partial charge < -0.3 is 15.6 Å². The zero-order chi connectivity index (χ0) is 12.1. The maximum absolute atomic E-state index is 8.61. The van der Waals surface area contributed by atoms with Crippen LogP contribution in [-0.2, 0) is 17.7 Å². The molecule has 0 radical (unpaired) electrons. The molecule has 0 unspecified atom stereocenters. The van der Waals surface area contributed by atoms with Crippen LogP contribution in [0.2, 0.25) is 0 Å². The smallest absolute Gasteiger partial charge is 0.0698 e. The van der Waals surface area contributed by atoms with Gasteiger partial charge in [-0.15, -0.1) is 0 Å². The molecule has 0 saturated heterocycles. The molecule has 4 nitrogen and oxygen atoms in total. The molecule has 1 aromatic carbocycles. The molecular formula is C13H20N2O2. The Balaban J connectivity index is 1.85. The van der Waals surface area contributed by atoms with Gasteiger partial charge in [0, 0.05) is 25.3 Å². The number of benzene rings is 1. The second-order valence-corrected chi connectivity index (χ2v) is 4.39. The molecule has 0 aromatic heterocycles. The first kappa shape index (κ1) is 12.4. The van der Waals surface area contributed by atoms with Crippen molar-refractivity contribution >= 4 is 5.69 Å². The molecule has 0 fully saturated rings. The lowest BCUT2D eigenvalue weighted by molar-refractivity contribution is 0.0709. The Morgan fingerprint density at radius 1 is 1.29 bits per heavy atom. The molecule has 94 valence electrons. The largest absolute Gasteiger partial charge is 0.399 e. The first-order chi connectivity index (χ1) is 8.29. The highest BCUT2D eigenvalue weighted by Gasteiger charge is 2.15. The van der Waals surface area contributed by atoms with Crippen LogP contribution in [0.3, 0.4) is 0 Å². The molecule has 0 bridgehead atoms. The van der Waals surface area contributed by atoms with E-state index < -0.39 is 0 Å². The molecule has 0 aliphatic carbocycles. The summed E-state index contributed by atoms with van der Waals surface area (Å²) >= 11 is 0. The average Bonchev–Trinajstić information content (AvgIpc) is 2.34. The highest BCUT2D eigenvalue weighted by molar-refractivity contribution is 5.45. The van der Waals surface area contributed by atoms with Gasteiger partial charge in [0.05, 0.1) is 19.8 Å². The molecule has 4 heteroatoms. The number of anilines is 1. The van der Waals surface area contributed by atoms with Crippen molar-refractivity contribution in [3.8, 4) is 0 Å². The van der Waals surface area contributed by atoms with Crippen molar-refractivity contribution in [2.24, 2.45) is 0 Å². The lowest BCUT2D eigenvalue weighted by Crippen LogP contribution is -2.33. The molecule has 3 N–H and O–H groups in total. The topological polar surface area (TPSA) is 58.7 Å². The first-order valence-electron chi connectivity index (χ1n) is 6.08. The van der Waals surface area contributed by atoms with Crippen LogP contribution in [0.25, 0.3) is 0 Å². The van der Waals surface area contributed by atoms with E-state index in [2.05, 4.69) is 17.0 Å². The third-order valence-electron chi connectivity index (χ3n) is 3.11. The van der Waals surface area contributed by atoms with Gasteiger partial charge in [-0.05, 0) is 29.7 Å². The highest BCUT2D eigenvalue weighted by atomic mass is 16.5. The van der Waals surface area contributed by atoms with E-state index in [0.717, 1.165) is 31.7 Å². The van der Waals surface area contributed by atoms with E-state index in [-0.39, 0.29) is 6.61 Å². The van der Waals surface area contributed by atoms with Crippen LogP contribution in [0.5, 0.6) is 0 Å². The fraction of sp³-hybridized carbons (Fsp3) is 0.538. The molecule has 0 atom stereocenters. The van der Waals surface area contributed by atoms with Gasteiger partial charge in [-0.25, -0.2) is 0 Å². The third-order valence-corrected chi connectivity index (χ3v) is 3.11. The third kappa shape index (κ3) is 3.43. The van der Waals surface area contributed by atoms with Crippen molar-refractivity contribution < 1.29 is 9.84 Å². The fourth-order valence-corrected chi connectivity index (χ4v) is 2.19. The van der Waals surface area contributed by atoms with E-state index in [9.17, 15) is 0 Å². The Labute approximate surface area is 102 Å². The predicted octanol–water partition coefficient (Wildman–Crippen LogP) is 0.636. The summed E-state index contributed by atoms with van der Waals surface area (Å²) in [5, 5.41) is 8.61. The van der Waals surface area contributed by atoms with Gasteiger partial charge in [-0.2, -0.15) is 0 Å². The quantitative estimate of drug-likeness (QED) is 0.582. The van der Waals surface area contributed by atoms with Crippen LogP contribution in [0.15, 0.2) is 18.2 Å². The number of hydrogen-bond acceptors (Lipinski definition) is 4. The minimum absolute atomic E-state index is 0.0966. The van der Waals surface area contributed by atoms with E-state index in [1.54, 1.807) is 0 Å². The molecule has 1 aliphatic heterocycles. The molecule has 0 spiro atoms. The normalized spacial score (nSPS) is 15.8. The number of rotatable bonds is 5. The number of nitrogen functional groups attached to an aromatic ring is 1. The highest BCUT2D eigenvalue weighted by Crippen LogP contribution is 2.20. The molecule has 0 saturated carbocycles. The number of aliphatic hydroxyl groups is 1. The fourth-order valence-electron chi connectivity index (χ4n) is 2.19. The van der Waals surface area contributed by atoms with Gasteiger partial charge in [0.25, 0.3) is 0 Å². The summed E-state index contributed by atoms with van der Waals surface area (Å²) in [5.74, 6) is 0. The number of ether oxygens (including phenoxy) is 1. The second-order valence-electron chi connectivity index (χ2n) is 4.39. The minimum Gasteiger partial charge on any atom is -0.399 e. The summed E-state index contributed by atoms with van der Waals surface area (Å²) in [6.45, 7) is 4.13. The molecule has 1 heterocycles. The zero-order valence-electron chi connectivity index (χ0n) is 10.1. The molecule has 17 heavy (non-hydrogen) atoms. The van der Waals surface area contributed by atoms with Crippen LogP contribution in [-0.4, -0.2) is 42.9 Å². The van der Waals surface area contributed by atoms with Crippen molar-refractivity contribution in [3.63, 3.8) is 0 Å². The van der Waals surface area contributed by atoms with Gasteiger partial charge in [0.15, 0.2) is 0 Å². The Morgan fingerprint density at radius 3 is 3.00 bits per heavy atom. The van der Waals surface area contributed by atoms with Crippen molar-refractivity contribution in [3.05, 3.63) is 29.3 Å². The zero-order valence-corrected chi connectivity index (χ0v) is 10.1. The number of nitrogens with two attached hydrogens (primary N) is 1. The van der Waals surface area contributed by atoms with E-state index in [1.807, 2.05) is 6.07 Å². The van der Waals surface area contributed by atoms with Gasteiger partial charge in [-0.1, -0.05) is 6.07 Å². The van der Waals surface area contributed by atoms with Crippen molar-refractivity contribution in [2.75, 3.05) is 38.6 Å². The molecule has 2 rings (SSSR count). The van der Waals surface area contributed by atoms with Crippen LogP contribution < -0.4 is 5.73 Å². The van der Waals surface area contributed by atoms with Crippen LogP contribution in [0.4, 0.5) is 5.69 Å². The van der Waals surface area contributed by atoms with Gasteiger partial charge in [0.2, 0.25) is 0 Å². The molecule has 1 aliphatic rings. The van der Waals surface area contributed by atoms with Crippen LogP contribution >= 0.6 is 0 Å². The predicted molar refractivity (Wildman–Crippen MR) is 67.7 cm³/mol. The van der Waals surface area contributed by atoms with E-state index >= 15 is 0 Å². The summed E-state index contributed by atoms with van der Waals surface area (Å²) in [4.78, 5) is 2.36. The van der Waals surface area contributed by atoms with Crippen molar-refractivity contribution in [1.82, 2.24) is 4.90 Å². The number of nitrogens with zero attached hydrogens (tertiary/aromatic N) is 1. The number of fused-ring (bicyclic) bond motifs is 1. The summed E-state index contributed by atoms with van der Waals surface area (Å²) < 4.78 is 5.28. The lowest BCUT2D eigenvalue weighted by atomic mass is 9.99. The Morgan fingerprint density at radius 2 is 2.18 bits per heavy atom. The SMILES string of the molecule is Nc1ccc2c(c1)CN(CCOCCO)CC2. The van der Waals surface area contributed by atoms with E-state index in [1.165, 1.54) is 11.1 Å². The van der Waals surface area contributed by atoms with E-state index in [0.29, 0.717) is 13.2 Å². The van der Waals surface area contributed by atoms with E-state index in [4.69, 9.17) is 15.6 Å². The van der Waals surface area contributed by atoms with Gasteiger partial charge in [-0.3, -0.25) is 4.90 Å². The number of aliphatic hydroxyl groups excluding tert-OH is 1. The maximum Gasteiger partial charge on any atom is 0.0698 e. The van der Waals surface area contributed by atoms with Crippen molar-refractivity contribution in [2.45, 2.75) is 13.0 Å². The van der Waals surface area contributed by atoms with Crippen LogP contribution in [0.1, 0.15) is 11.1 Å². The standard InChI is InChI=1S/C13H20N2O2/c14-13-2-1-11-3-4-15(10-12(11)9-13)5-7-17-8-6-16/h1-2,9,16H,3-8,10,14H2. The maximum atomic E-state index is 8.61. The monoisotopic (exact) mass is 236 g/mol. The summed E-state index contributed by atoms with van der Waals surface area (Å²) in [6, 6.07) is 6.17. The second kappa shape index (κ2) is 6.00. The Hall–Kier alpha value is -1.10. The number of hydrogen-bond donors (Lipinski definition) is 2. The summed E-state index contributed by atoms with van der Waals surface area (Å²) in [5.41, 5.74) is 9.37. The van der Waals surface area contributed by atoms with Crippen molar-refractivity contribution in [1.29, 1.82) is 0 Å². The molecule has 1 aromatic rings. The molecule has 0 amide bonds. The van der Waals surface area contributed by atoms with Gasteiger partial charge in [0.1, 0.15) is 0 Å². The van der Waals surface area contributed by atoms with Gasteiger partial charge >= 0.3 is 0 Å². The average molecular weight is 236 g/mol. The summed E-state index contributed by atoms with van der Waals surface area (Å²) in [6.07, 6.45) is 1.08. The van der Waals surface area contributed by atoms with Crippen LogP contribution in [0, 0.1) is 0 Å². The Bertz CT molecular complexity index is 368. The summed E-state index contributed by atoms with van der Waals surface area (Å²) in [7, 11) is 0. The lowest BCUT2D eigenvalue weighted by Gasteiger charge is -2.28.